The molecule has 0 atom stereocenters. The summed E-state index contributed by atoms with van der Waals surface area (Å²) in [5.41, 5.74) is 4.27. The number of piperazine rings is 1. The van der Waals surface area contributed by atoms with Gasteiger partial charge < -0.3 is 4.90 Å². The normalized spacial score (nSPS) is 14.9. The molecule has 1 aliphatic rings. The number of nitrogens with zero attached hydrogens (tertiary/aromatic N) is 3. The van der Waals surface area contributed by atoms with Crippen LogP contribution >= 0.6 is 0 Å². The van der Waals surface area contributed by atoms with Crippen molar-refractivity contribution in [1.29, 1.82) is 0 Å². The van der Waals surface area contributed by atoms with Crippen LogP contribution in [0.5, 0.6) is 0 Å². The average Bonchev–Trinajstić information content (AvgIpc) is 2.80. The van der Waals surface area contributed by atoms with E-state index in [1.165, 1.54) is 5.56 Å². The van der Waals surface area contributed by atoms with Crippen molar-refractivity contribution in [2.24, 2.45) is 0 Å². The molecule has 4 heteroatoms. The van der Waals surface area contributed by atoms with Crippen molar-refractivity contribution in [3.8, 4) is 5.69 Å². The number of hydrogen-bond acceptors (Lipinski definition) is 3. The molecule has 2 heterocycles. The van der Waals surface area contributed by atoms with Crippen LogP contribution in [0, 0.1) is 0 Å². The third kappa shape index (κ3) is 3.62. The molecule has 1 saturated heterocycles. The Morgan fingerprint density at radius 3 is 2.07 bits per heavy atom. The Hall–Kier alpha value is -3.37. The minimum Gasteiger partial charge on any atom is -0.368 e. The van der Waals surface area contributed by atoms with E-state index in [9.17, 15) is 4.79 Å². The van der Waals surface area contributed by atoms with Gasteiger partial charge in [0.25, 0.3) is 5.56 Å². The molecule has 5 rings (SSSR count). The van der Waals surface area contributed by atoms with Gasteiger partial charge in [-0.15, -0.1) is 0 Å². The molecular formula is C26H25N3O. The number of aromatic nitrogens is 1. The molecule has 0 saturated carbocycles. The summed E-state index contributed by atoms with van der Waals surface area (Å²) in [4.78, 5) is 18.0. The van der Waals surface area contributed by atoms with Gasteiger partial charge in [0, 0.05) is 49.9 Å². The highest BCUT2D eigenvalue weighted by atomic mass is 16.1. The first-order valence-corrected chi connectivity index (χ1v) is 10.5. The fourth-order valence-electron chi connectivity index (χ4n) is 4.36. The molecule has 1 aliphatic heterocycles. The maximum atomic E-state index is 13.1. The third-order valence-electron chi connectivity index (χ3n) is 5.88. The summed E-state index contributed by atoms with van der Waals surface area (Å²) in [6, 6.07) is 30.5. The molecule has 30 heavy (non-hydrogen) atoms. The standard InChI is InChI=1S/C26H25N3O/c30-26-19-25(28-17-15-27(16-18-28)20-21-9-3-1-4-10-21)23-13-7-8-14-24(23)29(26)22-11-5-2-6-12-22/h1-14,19H,15-18,20H2. The number of para-hydroxylation sites is 2. The van der Waals surface area contributed by atoms with Crippen molar-refractivity contribution >= 4 is 16.6 Å². The second kappa shape index (κ2) is 8.17. The average molecular weight is 396 g/mol. The Balaban J connectivity index is 1.44. The predicted octanol–water partition coefficient (Wildman–Crippen LogP) is 4.31. The van der Waals surface area contributed by atoms with E-state index in [-0.39, 0.29) is 5.56 Å². The quantitative estimate of drug-likeness (QED) is 0.515. The van der Waals surface area contributed by atoms with E-state index < -0.39 is 0 Å². The first-order chi connectivity index (χ1) is 14.8. The van der Waals surface area contributed by atoms with Crippen LogP contribution in [0.3, 0.4) is 0 Å². The summed E-state index contributed by atoms with van der Waals surface area (Å²) in [5, 5.41) is 1.12. The minimum atomic E-state index is 0.0154. The van der Waals surface area contributed by atoms with Gasteiger partial charge in [-0.25, -0.2) is 0 Å². The highest BCUT2D eigenvalue weighted by molar-refractivity contribution is 5.93. The third-order valence-corrected chi connectivity index (χ3v) is 5.88. The summed E-state index contributed by atoms with van der Waals surface area (Å²) >= 11 is 0. The summed E-state index contributed by atoms with van der Waals surface area (Å²) in [6.07, 6.45) is 0. The van der Waals surface area contributed by atoms with Gasteiger partial charge in [-0.05, 0) is 23.8 Å². The van der Waals surface area contributed by atoms with Crippen molar-refractivity contribution < 1.29 is 0 Å². The fraction of sp³-hybridized carbons (Fsp3) is 0.192. The van der Waals surface area contributed by atoms with Crippen LogP contribution in [-0.4, -0.2) is 35.6 Å². The van der Waals surface area contributed by atoms with Crippen LogP contribution in [0.4, 0.5) is 5.69 Å². The van der Waals surface area contributed by atoms with Gasteiger partial charge >= 0.3 is 0 Å². The van der Waals surface area contributed by atoms with Crippen LogP contribution in [-0.2, 0) is 6.54 Å². The molecular weight excluding hydrogens is 370 g/mol. The van der Waals surface area contributed by atoms with E-state index in [2.05, 4.69) is 52.3 Å². The van der Waals surface area contributed by atoms with Crippen molar-refractivity contribution in [2.45, 2.75) is 6.54 Å². The number of anilines is 1. The lowest BCUT2D eigenvalue weighted by molar-refractivity contribution is 0.250. The van der Waals surface area contributed by atoms with Crippen LogP contribution < -0.4 is 10.5 Å². The molecule has 4 aromatic rings. The lowest BCUT2D eigenvalue weighted by atomic mass is 10.1. The SMILES string of the molecule is O=c1cc(N2CCN(Cc3ccccc3)CC2)c2ccccc2n1-c1ccccc1. The van der Waals surface area contributed by atoms with E-state index >= 15 is 0 Å². The number of hydrogen-bond donors (Lipinski definition) is 0. The topological polar surface area (TPSA) is 28.5 Å². The van der Waals surface area contributed by atoms with Gasteiger partial charge in [-0.1, -0.05) is 66.7 Å². The molecule has 0 N–H and O–H groups in total. The van der Waals surface area contributed by atoms with Crippen molar-refractivity contribution in [3.63, 3.8) is 0 Å². The highest BCUT2D eigenvalue weighted by Crippen LogP contribution is 2.27. The second-order valence-electron chi connectivity index (χ2n) is 7.80. The predicted molar refractivity (Wildman–Crippen MR) is 123 cm³/mol. The Kier molecular flexibility index (Phi) is 5.08. The van der Waals surface area contributed by atoms with Gasteiger partial charge in [0.05, 0.1) is 11.2 Å². The largest absolute Gasteiger partial charge is 0.368 e. The van der Waals surface area contributed by atoms with E-state index in [1.807, 2.05) is 53.1 Å². The smallest absolute Gasteiger partial charge is 0.257 e. The summed E-state index contributed by atoms with van der Waals surface area (Å²) in [5.74, 6) is 0. The molecule has 4 nitrogen and oxygen atoms in total. The zero-order valence-electron chi connectivity index (χ0n) is 16.9. The van der Waals surface area contributed by atoms with Crippen LogP contribution in [0.1, 0.15) is 5.56 Å². The Labute approximate surface area is 176 Å². The number of pyridine rings is 1. The lowest BCUT2D eigenvalue weighted by Gasteiger charge is -2.36. The fourth-order valence-corrected chi connectivity index (χ4v) is 4.36. The van der Waals surface area contributed by atoms with Crippen molar-refractivity contribution in [1.82, 2.24) is 9.47 Å². The van der Waals surface area contributed by atoms with Crippen molar-refractivity contribution in [3.05, 3.63) is 107 Å². The molecule has 0 spiro atoms. The first-order valence-electron chi connectivity index (χ1n) is 10.5. The first kappa shape index (κ1) is 18.6. The van der Waals surface area contributed by atoms with Gasteiger partial charge in [-0.2, -0.15) is 0 Å². The lowest BCUT2D eigenvalue weighted by Crippen LogP contribution is -2.46. The molecule has 1 aromatic heterocycles. The van der Waals surface area contributed by atoms with Gasteiger partial charge in [0.15, 0.2) is 0 Å². The van der Waals surface area contributed by atoms with Gasteiger partial charge in [-0.3, -0.25) is 14.3 Å². The summed E-state index contributed by atoms with van der Waals surface area (Å²) in [7, 11) is 0. The Morgan fingerprint density at radius 2 is 1.33 bits per heavy atom. The van der Waals surface area contributed by atoms with E-state index in [0.29, 0.717) is 0 Å². The van der Waals surface area contributed by atoms with E-state index in [1.54, 1.807) is 0 Å². The number of fused-ring (bicyclic) bond motifs is 1. The van der Waals surface area contributed by atoms with Crippen LogP contribution in [0.15, 0.2) is 95.8 Å². The molecule has 0 amide bonds. The maximum absolute atomic E-state index is 13.1. The zero-order valence-corrected chi connectivity index (χ0v) is 16.9. The molecule has 3 aromatic carbocycles. The zero-order chi connectivity index (χ0) is 20.3. The monoisotopic (exact) mass is 395 g/mol. The summed E-state index contributed by atoms with van der Waals surface area (Å²) in [6.45, 7) is 4.80. The maximum Gasteiger partial charge on any atom is 0.257 e. The number of benzene rings is 3. The van der Waals surface area contributed by atoms with Gasteiger partial charge in [0.1, 0.15) is 0 Å². The van der Waals surface area contributed by atoms with Crippen molar-refractivity contribution in [2.75, 3.05) is 31.1 Å². The molecule has 1 fully saturated rings. The molecule has 0 radical (unpaired) electrons. The van der Waals surface area contributed by atoms with Gasteiger partial charge in [0.2, 0.25) is 0 Å². The molecule has 150 valence electrons. The van der Waals surface area contributed by atoms with Crippen LogP contribution in [0.2, 0.25) is 0 Å². The van der Waals surface area contributed by atoms with Crippen LogP contribution in [0.25, 0.3) is 16.6 Å². The van der Waals surface area contributed by atoms with E-state index in [4.69, 9.17) is 0 Å². The Bertz CT molecular complexity index is 1190. The minimum absolute atomic E-state index is 0.0154. The highest BCUT2D eigenvalue weighted by Gasteiger charge is 2.20. The molecule has 0 aliphatic carbocycles. The number of rotatable bonds is 4. The summed E-state index contributed by atoms with van der Waals surface area (Å²) < 4.78 is 1.81. The molecule has 0 unspecified atom stereocenters. The molecule has 0 bridgehead atoms. The second-order valence-corrected chi connectivity index (χ2v) is 7.80. The van der Waals surface area contributed by atoms with E-state index in [0.717, 1.165) is 55.0 Å². The Morgan fingerprint density at radius 1 is 0.700 bits per heavy atom.